The van der Waals surface area contributed by atoms with Gasteiger partial charge in [0.05, 0.1) is 24.9 Å². The Kier molecular flexibility index (Phi) is 5.18. The van der Waals surface area contributed by atoms with Gasteiger partial charge in [-0.15, -0.1) is 0 Å². The number of amides is 2. The average molecular weight is 339 g/mol. The Morgan fingerprint density at radius 1 is 1.12 bits per heavy atom. The maximum Gasteiger partial charge on any atom is 0.247 e. The summed E-state index contributed by atoms with van der Waals surface area (Å²) in [6, 6.07) is 14.6. The first-order valence-electron chi connectivity index (χ1n) is 8.22. The molecule has 6 heteroatoms. The van der Waals surface area contributed by atoms with E-state index in [1.807, 2.05) is 48.5 Å². The molecule has 1 atom stereocenters. The van der Waals surface area contributed by atoms with Gasteiger partial charge in [0.1, 0.15) is 11.8 Å². The van der Waals surface area contributed by atoms with E-state index >= 15 is 0 Å². The molecule has 3 N–H and O–H groups in total. The van der Waals surface area contributed by atoms with Gasteiger partial charge >= 0.3 is 0 Å². The molecule has 0 unspecified atom stereocenters. The van der Waals surface area contributed by atoms with E-state index in [1.54, 1.807) is 7.11 Å². The SMILES string of the molecule is COc1ccc(CCNC(=O)C[C@@H]2Nc3ccccc3NC2=O)cc1. The quantitative estimate of drug-likeness (QED) is 0.754. The lowest BCUT2D eigenvalue weighted by atomic mass is 10.1. The molecule has 0 fully saturated rings. The van der Waals surface area contributed by atoms with Crippen molar-refractivity contribution >= 4 is 23.2 Å². The van der Waals surface area contributed by atoms with Crippen molar-refractivity contribution in [2.45, 2.75) is 18.9 Å². The number of fused-ring (bicyclic) bond motifs is 1. The summed E-state index contributed by atoms with van der Waals surface area (Å²) in [5.74, 6) is 0.465. The van der Waals surface area contributed by atoms with Gasteiger partial charge in [0.25, 0.3) is 0 Å². The van der Waals surface area contributed by atoms with Crippen molar-refractivity contribution in [3.63, 3.8) is 0 Å². The molecule has 25 heavy (non-hydrogen) atoms. The molecule has 0 spiro atoms. The van der Waals surface area contributed by atoms with Crippen molar-refractivity contribution in [3.8, 4) is 5.75 Å². The van der Waals surface area contributed by atoms with Crippen molar-refractivity contribution in [3.05, 3.63) is 54.1 Å². The topological polar surface area (TPSA) is 79.5 Å². The van der Waals surface area contributed by atoms with Crippen molar-refractivity contribution in [2.75, 3.05) is 24.3 Å². The van der Waals surface area contributed by atoms with Crippen LogP contribution in [0, 0.1) is 0 Å². The first kappa shape index (κ1) is 16.8. The van der Waals surface area contributed by atoms with Crippen LogP contribution < -0.4 is 20.7 Å². The van der Waals surface area contributed by atoms with E-state index in [1.165, 1.54) is 0 Å². The number of benzene rings is 2. The Morgan fingerprint density at radius 3 is 2.56 bits per heavy atom. The van der Waals surface area contributed by atoms with Crippen LogP contribution in [0.25, 0.3) is 0 Å². The van der Waals surface area contributed by atoms with Crippen molar-refractivity contribution in [1.82, 2.24) is 5.32 Å². The number of para-hydroxylation sites is 2. The number of hydrogen-bond acceptors (Lipinski definition) is 4. The van der Waals surface area contributed by atoms with Crippen molar-refractivity contribution in [2.24, 2.45) is 0 Å². The second kappa shape index (κ2) is 7.70. The van der Waals surface area contributed by atoms with E-state index in [4.69, 9.17) is 4.74 Å². The molecule has 0 aromatic heterocycles. The van der Waals surface area contributed by atoms with Crippen LogP contribution in [-0.2, 0) is 16.0 Å². The summed E-state index contributed by atoms with van der Waals surface area (Å²) in [4.78, 5) is 24.2. The molecule has 0 aliphatic carbocycles. The largest absolute Gasteiger partial charge is 0.497 e. The molecular formula is C19H21N3O3. The zero-order valence-electron chi connectivity index (χ0n) is 14.0. The average Bonchev–Trinajstić information content (AvgIpc) is 2.63. The van der Waals surface area contributed by atoms with Gasteiger partial charge in [0.15, 0.2) is 0 Å². The van der Waals surface area contributed by atoms with Gasteiger partial charge in [-0.3, -0.25) is 9.59 Å². The smallest absolute Gasteiger partial charge is 0.247 e. The number of methoxy groups -OCH3 is 1. The van der Waals surface area contributed by atoms with Gasteiger partial charge in [0.2, 0.25) is 11.8 Å². The summed E-state index contributed by atoms with van der Waals surface area (Å²) in [7, 11) is 1.63. The van der Waals surface area contributed by atoms with E-state index in [2.05, 4.69) is 16.0 Å². The minimum Gasteiger partial charge on any atom is -0.497 e. The molecule has 0 saturated heterocycles. The maximum absolute atomic E-state index is 12.1. The molecular weight excluding hydrogens is 318 g/mol. The summed E-state index contributed by atoms with van der Waals surface area (Å²) in [5.41, 5.74) is 2.69. The summed E-state index contributed by atoms with van der Waals surface area (Å²) in [5, 5.41) is 8.79. The van der Waals surface area contributed by atoms with Gasteiger partial charge in [0, 0.05) is 6.54 Å². The highest BCUT2D eigenvalue weighted by Crippen LogP contribution is 2.26. The second-order valence-electron chi connectivity index (χ2n) is 5.88. The second-order valence-corrected chi connectivity index (χ2v) is 5.88. The fourth-order valence-corrected chi connectivity index (χ4v) is 2.73. The Hall–Kier alpha value is -3.02. The van der Waals surface area contributed by atoms with E-state index in [0.29, 0.717) is 6.54 Å². The summed E-state index contributed by atoms with van der Waals surface area (Å²) in [6.07, 6.45) is 0.825. The standard InChI is InChI=1S/C19H21N3O3/c1-25-14-8-6-13(7-9-14)10-11-20-18(23)12-17-19(24)22-16-5-3-2-4-15(16)21-17/h2-9,17,21H,10-12H2,1H3,(H,20,23)(H,22,24)/t17-/m0/s1. The molecule has 1 aliphatic heterocycles. The molecule has 2 aromatic rings. The summed E-state index contributed by atoms with van der Waals surface area (Å²) in [6.45, 7) is 0.524. The Balaban J connectivity index is 1.47. The third-order valence-corrected chi connectivity index (χ3v) is 4.12. The third kappa shape index (κ3) is 4.29. The number of nitrogens with one attached hydrogen (secondary N) is 3. The first-order valence-corrected chi connectivity index (χ1v) is 8.22. The van der Waals surface area contributed by atoms with Crippen molar-refractivity contribution < 1.29 is 14.3 Å². The highest BCUT2D eigenvalue weighted by molar-refractivity contribution is 6.04. The molecule has 2 aromatic carbocycles. The van der Waals surface area contributed by atoms with Gasteiger partial charge < -0.3 is 20.7 Å². The zero-order chi connectivity index (χ0) is 17.6. The van der Waals surface area contributed by atoms with E-state index in [9.17, 15) is 9.59 Å². The minimum atomic E-state index is -0.559. The lowest BCUT2D eigenvalue weighted by molar-refractivity contribution is -0.124. The number of carbonyl (C=O) groups is 2. The molecule has 0 radical (unpaired) electrons. The van der Waals surface area contributed by atoms with Gasteiger partial charge in [-0.2, -0.15) is 0 Å². The fraction of sp³-hybridized carbons (Fsp3) is 0.263. The molecule has 6 nitrogen and oxygen atoms in total. The predicted octanol–water partition coefficient (Wildman–Crippen LogP) is 2.18. The van der Waals surface area contributed by atoms with Gasteiger partial charge in [-0.05, 0) is 36.2 Å². The zero-order valence-corrected chi connectivity index (χ0v) is 14.0. The number of rotatable bonds is 6. The number of hydrogen-bond donors (Lipinski definition) is 3. The minimum absolute atomic E-state index is 0.1000. The number of ether oxygens (including phenoxy) is 1. The lowest BCUT2D eigenvalue weighted by Gasteiger charge is -2.26. The van der Waals surface area contributed by atoms with Crippen LogP contribution in [-0.4, -0.2) is 31.5 Å². The van der Waals surface area contributed by atoms with Gasteiger partial charge in [-0.25, -0.2) is 0 Å². The predicted molar refractivity (Wildman–Crippen MR) is 96.8 cm³/mol. The van der Waals surface area contributed by atoms with E-state index < -0.39 is 6.04 Å². The first-order chi connectivity index (χ1) is 12.2. The van der Waals surface area contributed by atoms with Crippen LogP contribution in [0.15, 0.2) is 48.5 Å². The molecule has 2 amide bonds. The summed E-state index contributed by atoms with van der Waals surface area (Å²) >= 11 is 0. The molecule has 3 rings (SSSR count). The van der Waals surface area contributed by atoms with E-state index in [0.717, 1.165) is 29.1 Å². The van der Waals surface area contributed by atoms with Crippen molar-refractivity contribution in [1.29, 1.82) is 0 Å². The lowest BCUT2D eigenvalue weighted by Crippen LogP contribution is -2.42. The fourth-order valence-electron chi connectivity index (χ4n) is 2.73. The highest BCUT2D eigenvalue weighted by atomic mass is 16.5. The number of anilines is 2. The van der Waals surface area contributed by atoms with Crippen LogP contribution in [0.3, 0.4) is 0 Å². The number of carbonyl (C=O) groups excluding carboxylic acids is 2. The maximum atomic E-state index is 12.1. The monoisotopic (exact) mass is 339 g/mol. The molecule has 130 valence electrons. The van der Waals surface area contributed by atoms with Crippen LogP contribution >= 0.6 is 0 Å². The van der Waals surface area contributed by atoms with Crippen LogP contribution in [0.5, 0.6) is 5.75 Å². The normalized spacial score (nSPS) is 15.6. The summed E-state index contributed by atoms with van der Waals surface area (Å²) < 4.78 is 5.12. The Morgan fingerprint density at radius 2 is 1.84 bits per heavy atom. The van der Waals surface area contributed by atoms with Gasteiger partial charge in [-0.1, -0.05) is 24.3 Å². The van der Waals surface area contributed by atoms with E-state index in [-0.39, 0.29) is 18.2 Å². The molecule has 0 saturated carbocycles. The molecule has 0 bridgehead atoms. The Bertz CT molecular complexity index is 759. The van der Waals surface area contributed by atoms with Crippen LogP contribution in [0.1, 0.15) is 12.0 Å². The molecule has 1 heterocycles. The molecule has 1 aliphatic rings. The van der Waals surface area contributed by atoms with Crippen LogP contribution in [0.4, 0.5) is 11.4 Å². The van der Waals surface area contributed by atoms with Crippen LogP contribution in [0.2, 0.25) is 0 Å². The third-order valence-electron chi connectivity index (χ3n) is 4.12. The Labute approximate surface area is 146 Å². The highest BCUT2D eigenvalue weighted by Gasteiger charge is 2.27.